The lowest BCUT2D eigenvalue weighted by Crippen LogP contribution is -2.19. The monoisotopic (exact) mass is 276 g/mol. The fourth-order valence-corrected chi connectivity index (χ4v) is 2.08. The first kappa shape index (κ1) is 13.8. The van der Waals surface area contributed by atoms with Gasteiger partial charge in [0.25, 0.3) is 0 Å². The highest BCUT2D eigenvalue weighted by Gasteiger charge is 2.08. The molecular weight excluding hydrogens is 260 g/mol. The molecule has 0 bridgehead atoms. The number of hydrogen-bond donors (Lipinski definition) is 2. The molecule has 0 unspecified atom stereocenters. The fourth-order valence-electron chi connectivity index (χ4n) is 1.88. The molecule has 3 nitrogen and oxygen atoms in total. The maximum absolute atomic E-state index is 9.74. The molecule has 2 N–H and O–H groups in total. The van der Waals surface area contributed by atoms with E-state index in [1.165, 1.54) is 0 Å². The van der Waals surface area contributed by atoms with Crippen LogP contribution in [0.25, 0.3) is 0 Å². The van der Waals surface area contributed by atoms with Crippen LogP contribution in [-0.2, 0) is 6.54 Å². The van der Waals surface area contributed by atoms with Crippen molar-refractivity contribution in [2.45, 2.75) is 26.4 Å². The predicted molar refractivity (Wildman–Crippen MR) is 77.3 cm³/mol. The van der Waals surface area contributed by atoms with Crippen LogP contribution in [-0.4, -0.2) is 10.1 Å². The summed E-state index contributed by atoms with van der Waals surface area (Å²) >= 11 is 5.97. The molecule has 0 aliphatic carbocycles. The minimum Gasteiger partial charge on any atom is -0.506 e. The lowest BCUT2D eigenvalue weighted by Gasteiger charge is -2.15. The molecule has 4 heteroatoms. The molecular formula is C15H17ClN2O. The largest absolute Gasteiger partial charge is 0.506 e. The Hall–Kier alpha value is -1.58. The third-order valence-corrected chi connectivity index (χ3v) is 3.25. The molecule has 2 aromatic rings. The van der Waals surface area contributed by atoms with E-state index in [9.17, 15) is 5.11 Å². The lowest BCUT2D eigenvalue weighted by atomic mass is 10.1. The van der Waals surface area contributed by atoms with Crippen molar-refractivity contribution < 1.29 is 5.11 Å². The van der Waals surface area contributed by atoms with E-state index in [-0.39, 0.29) is 11.8 Å². The molecule has 0 saturated heterocycles. The van der Waals surface area contributed by atoms with Gasteiger partial charge in [0.1, 0.15) is 5.75 Å². The van der Waals surface area contributed by atoms with Crippen LogP contribution in [0.1, 0.15) is 29.9 Å². The molecule has 0 fully saturated rings. The van der Waals surface area contributed by atoms with Crippen LogP contribution < -0.4 is 5.32 Å². The topological polar surface area (TPSA) is 45.1 Å². The van der Waals surface area contributed by atoms with Crippen LogP contribution in [0.4, 0.5) is 0 Å². The Bertz CT molecular complexity index is 572. The van der Waals surface area contributed by atoms with Crippen LogP contribution in [0, 0.1) is 6.92 Å². The third-order valence-electron chi connectivity index (χ3n) is 3.01. The highest BCUT2D eigenvalue weighted by atomic mass is 35.5. The molecule has 0 saturated carbocycles. The van der Waals surface area contributed by atoms with Crippen molar-refractivity contribution in [2.75, 3.05) is 0 Å². The van der Waals surface area contributed by atoms with Gasteiger partial charge in [0.05, 0.1) is 5.69 Å². The molecule has 2 rings (SSSR count). The van der Waals surface area contributed by atoms with Gasteiger partial charge < -0.3 is 10.4 Å². The molecule has 0 amide bonds. The Morgan fingerprint density at radius 1 is 1.32 bits per heavy atom. The van der Waals surface area contributed by atoms with Crippen molar-refractivity contribution in [2.24, 2.45) is 0 Å². The smallest absolute Gasteiger partial charge is 0.138 e. The van der Waals surface area contributed by atoms with Gasteiger partial charge in [-0.25, -0.2) is 0 Å². The van der Waals surface area contributed by atoms with Crippen molar-refractivity contribution in [1.82, 2.24) is 10.3 Å². The number of nitrogens with one attached hydrogen (secondary N) is 1. The number of aryl methyl sites for hydroxylation is 1. The molecule has 1 atom stereocenters. The first-order chi connectivity index (χ1) is 9.06. The molecule has 0 aliphatic rings. The second-order valence-corrected chi connectivity index (χ2v) is 5.01. The van der Waals surface area contributed by atoms with Crippen LogP contribution in [0.3, 0.4) is 0 Å². The van der Waals surface area contributed by atoms with Gasteiger partial charge in [-0.15, -0.1) is 0 Å². The van der Waals surface area contributed by atoms with Crippen molar-refractivity contribution in [3.05, 3.63) is 58.4 Å². The van der Waals surface area contributed by atoms with Gasteiger partial charge >= 0.3 is 0 Å². The Labute approximate surface area is 118 Å². The van der Waals surface area contributed by atoms with Crippen molar-refractivity contribution in [3.63, 3.8) is 0 Å². The summed E-state index contributed by atoms with van der Waals surface area (Å²) < 4.78 is 0. The highest BCUT2D eigenvalue weighted by molar-refractivity contribution is 6.30. The zero-order valence-corrected chi connectivity index (χ0v) is 11.8. The number of hydrogen-bond acceptors (Lipinski definition) is 3. The Morgan fingerprint density at radius 3 is 2.84 bits per heavy atom. The first-order valence-electron chi connectivity index (χ1n) is 6.20. The van der Waals surface area contributed by atoms with Gasteiger partial charge in [-0.05, 0) is 43.7 Å². The number of pyridine rings is 1. The second kappa shape index (κ2) is 6.04. The normalized spacial score (nSPS) is 12.4. The van der Waals surface area contributed by atoms with E-state index in [0.717, 1.165) is 16.3 Å². The maximum atomic E-state index is 9.74. The summed E-state index contributed by atoms with van der Waals surface area (Å²) in [6, 6.07) is 11.3. The minimum absolute atomic E-state index is 0.139. The molecule has 1 aromatic carbocycles. The van der Waals surface area contributed by atoms with E-state index >= 15 is 0 Å². The highest BCUT2D eigenvalue weighted by Crippen LogP contribution is 2.19. The Balaban J connectivity index is 2.04. The Kier molecular flexibility index (Phi) is 4.40. The number of nitrogens with zero attached hydrogens (tertiary/aromatic N) is 1. The van der Waals surface area contributed by atoms with E-state index in [0.29, 0.717) is 12.2 Å². The average Bonchev–Trinajstić information content (AvgIpc) is 2.39. The standard InChI is InChI=1S/C15H17ClN2O/c1-10-6-7-15(19)14(18-10)9-17-11(2)12-4-3-5-13(16)8-12/h3-8,11,17,19H,9H2,1-2H3/t11-/m1/s1. The number of aromatic nitrogens is 1. The summed E-state index contributed by atoms with van der Waals surface area (Å²) in [6.07, 6.45) is 0. The number of rotatable bonds is 4. The summed E-state index contributed by atoms with van der Waals surface area (Å²) in [6.45, 7) is 4.48. The number of benzene rings is 1. The molecule has 19 heavy (non-hydrogen) atoms. The summed E-state index contributed by atoms with van der Waals surface area (Å²) in [5.74, 6) is 0.219. The SMILES string of the molecule is Cc1ccc(O)c(CN[C@H](C)c2cccc(Cl)c2)n1. The molecule has 0 aliphatic heterocycles. The Morgan fingerprint density at radius 2 is 2.11 bits per heavy atom. The molecule has 0 radical (unpaired) electrons. The second-order valence-electron chi connectivity index (χ2n) is 4.58. The van der Waals surface area contributed by atoms with E-state index in [1.54, 1.807) is 12.1 Å². The molecule has 1 heterocycles. The van der Waals surface area contributed by atoms with Crippen LogP contribution in [0.15, 0.2) is 36.4 Å². The van der Waals surface area contributed by atoms with Crippen molar-refractivity contribution >= 4 is 11.6 Å². The average molecular weight is 277 g/mol. The summed E-state index contributed by atoms with van der Waals surface area (Å²) in [5.41, 5.74) is 2.67. The molecule has 0 spiro atoms. The van der Waals surface area contributed by atoms with Crippen molar-refractivity contribution in [3.8, 4) is 5.75 Å². The summed E-state index contributed by atoms with van der Waals surface area (Å²) in [5, 5.41) is 13.8. The van der Waals surface area contributed by atoms with E-state index in [2.05, 4.69) is 17.2 Å². The van der Waals surface area contributed by atoms with Crippen LogP contribution in [0.2, 0.25) is 5.02 Å². The van der Waals surface area contributed by atoms with Gasteiger partial charge in [0, 0.05) is 23.3 Å². The fraction of sp³-hybridized carbons (Fsp3) is 0.267. The predicted octanol–water partition coefficient (Wildman–Crippen LogP) is 3.60. The zero-order valence-electron chi connectivity index (χ0n) is 11.0. The van der Waals surface area contributed by atoms with Gasteiger partial charge in [-0.2, -0.15) is 0 Å². The maximum Gasteiger partial charge on any atom is 0.138 e. The van der Waals surface area contributed by atoms with E-state index in [1.807, 2.05) is 31.2 Å². The van der Waals surface area contributed by atoms with Gasteiger partial charge in [0.2, 0.25) is 0 Å². The zero-order chi connectivity index (χ0) is 13.8. The van der Waals surface area contributed by atoms with E-state index < -0.39 is 0 Å². The molecule has 100 valence electrons. The summed E-state index contributed by atoms with van der Waals surface area (Å²) in [7, 11) is 0. The lowest BCUT2D eigenvalue weighted by molar-refractivity contribution is 0.454. The van der Waals surface area contributed by atoms with Crippen LogP contribution >= 0.6 is 11.6 Å². The number of aromatic hydroxyl groups is 1. The molecule has 1 aromatic heterocycles. The third kappa shape index (κ3) is 3.69. The quantitative estimate of drug-likeness (QED) is 0.897. The van der Waals surface area contributed by atoms with Gasteiger partial charge in [-0.3, -0.25) is 4.98 Å². The number of halogens is 1. The van der Waals surface area contributed by atoms with Crippen LogP contribution in [0.5, 0.6) is 5.75 Å². The van der Waals surface area contributed by atoms with Gasteiger partial charge in [0.15, 0.2) is 0 Å². The van der Waals surface area contributed by atoms with Crippen molar-refractivity contribution in [1.29, 1.82) is 0 Å². The van der Waals surface area contributed by atoms with Gasteiger partial charge in [-0.1, -0.05) is 23.7 Å². The minimum atomic E-state index is 0.139. The van der Waals surface area contributed by atoms with E-state index in [4.69, 9.17) is 11.6 Å². The first-order valence-corrected chi connectivity index (χ1v) is 6.58. The summed E-state index contributed by atoms with van der Waals surface area (Å²) in [4.78, 5) is 4.32.